The van der Waals surface area contributed by atoms with Crippen LogP contribution < -0.4 is 16.0 Å². The average molecular weight is 371 g/mol. The Labute approximate surface area is 160 Å². The quantitative estimate of drug-likeness (QED) is 0.349. The maximum absolute atomic E-state index is 12.1. The molecule has 0 saturated carbocycles. The summed E-state index contributed by atoms with van der Waals surface area (Å²) >= 11 is 0. The summed E-state index contributed by atoms with van der Waals surface area (Å²) in [6.07, 6.45) is 2.60. The van der Waals surface area contributed by atoms with Gasteiger partial charge in [0, 0.05) is 38.2 Å². The van der Waals surface area contributed by atoms with Gasteiger partial charge in [0.15, 0.2) is 5.96 Å². The second-order valence-corrected chi connectivity index (χ2v) is 6.11. The number of nitrogens with one attached hydrogen (secondary N) is 3. The zero-order chi connectivity index (χ0) is 19.5. The van der Waals surface area contributed by atoms with Crippen molar-refractivity contribution in [2.45, 2.75) is 33.7 Å². The van der Waals surface area contributed by atoms with Gasteiger partial charge in [-0.2, -0.15) is 0 Å². The van der Waals surface area contributed by atoms with E-state index in [0.29, 0.717) is 25.2 Å². The van der Waals surface area contributed by atoms with Gasteiger partial charge in [-0.15, -0.1) is 10.2 Å². The predicted octanol–water partition coefficient (Wildman–Crippen LogP) is 1.13. The molecular weight excluding hydrogens is 342 g/mol. The minimum atomic E-state index is -0.0773. The normalized spacial score (nSPS) is 11.3. The lowest BCUT2D eigenvalue weighted by molar-refractivity contribution is 0.0954. The Hall–Kier alpha value is -2.90. The van der Waals surface area contributed by atoms with Crippen molar-refractivity contribution in [3.8, 4) is 0 Å². The largest absolute Gasteiger partial charge is 0.357 e. The van der Waals surface area contributed by atoms with Gasteiger partial charge >= 0.3 is 0 Å². The molecule has 0 aliphatic carbocycles. The molecule has 27 heavy (non-hydrogen) atoms. The van der Waals surface area contributed by atoms with E-state index in [0.717, 1.165) is 36.9 Å². The van der Waals surface area contributed by atoms with Gasteiger partial charge in [-0.05, 0) is 26.0 Å². The summed E-state index contributed by atoms with van der Waals surface area (Å²) < 4.78 is 2.03. The van der Waals surface area contributed by atoms with Crippen LogP contribution in [-0.2, 0) is 13.0 Å². The molecular formula is C19H29N7O. The van der Waals surface area contributed by atoms with E-state index in [1.165, 1.54) is 0 Å². The maximum Gasteiger partial charge on any atom is 0.251 e. The molecule has 1 heterocycles. The molecule has 0 aliphatic heterocycles. The molecule has 2 aromatic rings. The number of guanidine groups is 1. The summed E-state index contributed by atoms with van der Waals surface area (Å²) in [5, 5.41) is 17.4. The highest BCUT2D eigenvalue weighted by Crippen LogP contribution is 2.03. The van der Waals surface area contributed by atoms with Gasteiger partial charge < -0.3 is 20.5 Å². The Morgan fingerprint density at radius 1 is 1.19 bits per heavy atom. The Morgan fingerprint density at radius 2 is 2.04 bits per heavy atom. The van der Waals surface area contributed by atoms with Crippen LogP contribution in [0.15, 0.2) is 35.6 Å². The van der Waals surface area contributed by atoms with Crippen LogP contribution in [0.25, 0.3) is 0 Å². The zero-order valence-electron chi connectivity index (χ0n) is 16.3. The Bertz CT molecular complexity index is 754. The highest BCUT2D eigenvalue weighted by Gasteiger charge is 2.05. The van der Waals surface area contributed by atoms with Crippen molar-refractivity contribution in [1.82, 2.24) is 30.7 Å². The fourth-order valence-corrected chi connectivity index (χ4v) is 2.60. The topological polar surface area (TPSA) is 96.2 Å². The van der Waals surface area contributed by atoms with E-state index < -0.39 is 0 Å². The molecule has 1 aromatic heterocycles. The van der Waals surface area contributed by atoms with E-state index in [1.807, 2.05) is 42.7 Å². The summed E-state index contributed by atoms with van der Waals surface area (Å²) in [4.78, 5) is 16.6. The predicted molar refractivity (Wildman–Crippen MR) is 107 cm³/mol. The van der Waals surface area contributed by atoms with Gasteiger partial charge in [-0.3, -0.25) is 9.79 Å². The number of hydrogen-bond acceptors (Lipinski definition) is 4. The summed E-state index contributed by atoms with van der Waals surface area (Å²) in [6, 6.07) is 7.54. The van der Waals surface area contributed by atoms with Crippen LogP contribution >= 0.6 is 0 Å². The molecule has 0 unspecified atom stereocenters. The van der Waals surface area contributed by atoms with Crippen LogP contribution in [0.3, 0.4) is 0 Å². The SMILES string of the molecule is CCNC(=NCCNC(=O)c1cccc(C)c1)NCCn1cnnc1CC. The number of hydrogen-bond donors (Lipinski definition) is 3. The summed E-state index contributed by atoms with van der Waals surface area (Å²) in [5.74, 6) is 1.62. The number of aromatic nitrogens is 3. The zero-order valence-corrected chi connectivity index (χ0v) is 16.3. The van der Waals surface area contributed by atoms with Crippen LogP contribution in [0, 0.1) is 6.92 Å². The number of benzene rings is 1. The highest BCUT2D eigenvalue weighted by atomic mass is 16.1. The van der Waals surface area contributed by atoms with E-state index in [9.17, 15) is 4.79 Å². The molecule has 1 amide bonds. The van der Waals surface area contributed by atoms with E-state index in [-0.39, 0.29) is 5.91 Å². The maximum atomic E-state index is 12.1. The standard InChI is InChI=1S/C19H29N7O/c1-4-17-25-24-14-26(17)12-11-23-19(20-5-2)22-10-9-21-18(27)16-8-6-7-15(3)13-16/h6-8,13-14H,4-5,9-12H2,1-3H3,(H,21,27)(H2,20,22,23). The Kier molecular flexibility index (Phi) is 8.28. The first-order valence-electron chi connectivity index (χ1n) is 9.37. The van der Waals surface area contributed by atoms with E-state index in [1.54, 1.807) is 6.33 Å². The van der Waals surface area contributed by atoms with E-state index in [2.05, 4.69) is 38.1 Å². The van der Waals surface area contributed by atoms with Crippen LogP contribution in [0.1, 0.15) is 35.6 Å². The third-order valence-corrected chi connectivity index (χ3v) is 3.95. The number of aliphatic imine (C=N–C) groups is 1. The van der Waals surface area contributed by atoms with Crippen LogP contribution in [0.5, 0.6) is 0 Å². The molecule has 0 saturated heterocycles. The first-order valence-corrected chi connectivity index (χ1v) is 9.37. The van der Waals surface area contributed by atoms with Gasteiger partial charge in [0.05, 0.1) is 6.54 Å². The molecule has 1 aromatic carbocycles. The number of rotatable bonds is 9. The molecule has 0 bridgehead atoms. The molecule has 0 atom stereocenters. The fraction of sp³-hybridized carbons (Fsp3) is 0.474. The molecule has 8 heteroatoms. The summed E-state index contributed by atoms with van der Waals surface area (Å²) in [5.41, 5.74) is 1.74. The molecule has 0 fully saturated rings. The number of nitrogens with zero attached hydrogens (tertiary/aromatic N) is 4. The molecule has 146 valence electrons. The van der Waals surface area contributed by atoms with Crippen molar-refractivity contribution < 1.29 is 4.79 Å². The molecule has 0 spiro atoms. The lowest BCUT2D eigenvalue weighted by atomic mass is 10.1. The first kappa shape index (κ1) is 20.4. The van der Waals surface area contributed by atoms with Gasteiger partial charge in [0.1, 0.15) is 12.2 Å². The Morgan fingerprint density at radius 3 is 2.78 bits per heavy atom. The first-order chi connectivity index (χ1) is 13.1. The highest BCUT2D eigenvalue weighted by molar-refractivity contribution is 5.94. The summed E-state index contributed by atoms with van der Waals surface area (Å²) in [6.45, 7) is 9.29. The van der Waals surface area contributed by atoms with Crippen molar-refractivity contribution >= 4 is 11.9 Å². The van der Waals surface area contributed by atoms with Gasteiger partial charge in [-0.1, -0.05) is 24.6 Å². The lowest BCUT2D eigenvalue weighted by Crippen LogP contribution is -2.39. The average Bonchev–Trinajstić information content (AvgIpc) is 3.12. The van der Waals surface area contributed by atoms with Gasteiger partial charge in [-0.25, -0.2) is 0 Å². The van der Waals surface area contributed by atoms with E-state index in [4.69, 9.17) is 0 Å². The van der Waals surface area contributed by atoms with Gasteiger partial charge in [0.25, 0.3) is 5.91 Å². The van der Waals surface area contributed by atoms with Crippen molar-refractivity contribution in [3.05, 3.63) is 47.5 Å². The second kappa shape index (κ2) is 10.9. The Balaban J connectivity index is 1.76. The van der Waals surface area contributed by atoms with Crippen molar-refractivity contribution in [2.24, 2.45) is 4.99 Å². The fourth-order valence-electron chi connectivity index (χ4n) is 2.60. The van der Waals surface area contributed by atoms with Crippen LogP contribution in [0.4, 0.5) is 0 Å². The lowest BCUT2D eigenvalue weighted by Gasteiger charge is -2.12. The minimum absolute atomic E-state index is 0.0773. The number of amides is 1. The van der Waals surface area contributed by atoms with Gasteiger partial charge in [0.2, 0.25) is 0 Å². The monoisotopic (exact) mass is 371 g/mol. The number of carbonyl (C=O) groups excluding carboxylic acids is 1. The molecule has 3 N–H and O–H groups in total. The number of aryl methyl sites for hydroxylation is 2. The molecule has 8 nitrogen and oxygen atoms in total. The minimum Gasteiger partial charge on any atom is -0.357 e. The van der Waals surface area contributed by atoms with Crippen molar-refractivity contribution in [1.29, 1.82) is 0 Å². The van der Waals surface area contributed by atoms with Crippen LogP contribution in [-0.4, -0.2) is 52.8 Å². The van der Waals surface area contributed by atoms with E-state index >= 15 is 0 Å². The second-order valence-electron chi connectivity index (χ2n) is 6.11. The molecule has 0 radical (unpaired) electrons. The number of carbonyl (C=O) groups is 1. The third-order valence-electron chi connectivity index (χ3n) is 3.95. The molecule has 0 aliphatic rings. The smallest absolute Gasteiger partial charge is 0.251 e. The van der Waals surface area contributed by atoms with Crippen molar-refractivity contribution in [2.75, 3.05) is 26.2 Å². The third kappa shape index (κ3) is 6.73. The molecule has 2 rings (SSSR count). The van der Waals surface area contributed by atoms with Crippen molar-refractivity contribution in [3.63, 3.8) is 0 Å². The van der Waals surface area contributed by atoms with Crippen LogP contribution in [0.2, 0.25) is 0 Å². The summed E-state index contributed by atoms with van der Waals surface area (Å²) in [7, 11) is 0.